The summed E-state index contributed by atoms with van der Waals surface area (Å²) in [6, 6.07) is 0. The van der Waals surface area contributed by atoms with Crippen molar-refractivity contribution in [2.75, 3.05) is 0 Å². The summed E-state index contributed by atoms with van der Waals surface area (Å²) in [5, 5.41) is 1.08. The van der Waals surface area contributed by atoms with Gasteiger partial charge in [0.15, 0.2) is 0 Å². The lowest BCUT2D eigenvalue weighted by atomic mass is 10.2. The number of aryl methyl sites for hydroxylation is 1. The highest BCUT2D eigenvalue weighted by molar-refractivity contribution is 7.11. The average molecular weight is 151 g/mol. The normalized spacial score (nSPS) is 12.5. The van der Waals surface area contributed by atoms with Gasteiger partial charge in [-0.3, -0.25) is 0 Å². The maximum absolute atomic E-state index is 5.24. The molecule has 0 saturated heterocycles. The van der Waals surface area contributed by atoms with Crippen LogP contribution in [0, 0.1) is 19.3 Å². The van der Waals surface area contributed by atoms with Crippen LogP contribution in [0.4, 0.5) is 0 Å². The fraction of sp³-hybridized carbons (Fsp3) is 0.375. The molecule has 0 aliphatic rings. The number of hydrogen-bond donors (Lipinski definition) is 0. The van der Waals surface area contributed by atoms with Crippen LogP contribution in [0.3, 0.4) is 0 Å². The second kappa shape index (κ2) is 2.85. The lowest BCUT2D eigenvalue weighted by molar-refractivity contribution is 1.03. The van der Waals surface area contributed by atoms with Crippen LogP contribution < -0.4 is 0 Å². The third-order valence-corrected chi connectivity index (χ3v) is 2.41. The summed E-state index contributed by atoms with van der Waals surface area (Å²) in [7, 11) is 0. The summed E-state index contributed by atoms with van der Waals surface area (Å²) in [5.74, 6) is 2.88. The summed E-state index contributed by atoms with van der Waals surface area (Å²) in [6.07, 6.45) is 7.09. The van der Waals surface area contributed by atoms with E-state index in [1.165, 1.54) is 4.88 Å². The first-order chi connectivity index (χ1) is 4.74. The van der Waals surface area contributed by atoms with Crippen molar-refractivity contribution in [2.45, 2.75) is 19.8 Å². The van der Waals surface area contributed by atoms with Gasteiger partial charge in [0.2, 0.25) is 0 Å². The smallest absolute Gasteiger partial charge is 0.0897 e. The Bertz CT molecular complexity index is 256. The molecule has 0 spiro atoms. The topological polar surface area (TPSA) is 12.9 Å². The zero-order valence-corrected chi connectivity index (χ0v) is 6.90. The van der Waals surface area contributed by atoms with Crippen LogP contribution in [0.25, 0.3) is 0 Å². The Morgan fingerprint density at radius 1 is 1.80 bits per heavy atom. The molecule has 1 aromatic heterocycles. The summed E-state index contributed by atoms with van der Waals surface area (Å²) < 4.78 is 0. The molecular formula is C8H9NS. The van der Waals surface area contributed by atoms with E-state index in [-0.39, 0.29) is 5.92 Å². The SMILES string of the molecule is C#CC(C)c1cnc(C)s1. The van der Waals surface area contributed by atoms with Gasteiger partial charge in [-0.15, -0.1) is 17.8 Å². The van der Waals surface area contributed by atoms with E-state index in [0.29, 0.717) is 0 Å². The minimum absolute atomic E-state index is 0.214. The van der Waals surface area contributed by atoms with Crippen LogP contribution in [0.5, 0.6) is 0 Å². The molecule has 1 atom stereocenters. The van der Waals surface area contributed by atoms with E-state index in [1.807, 2.05) is 20.0 Å². The number of thiazole rings is 1. The Balaban J connectivity index is 2.87. The van der Waals surface area contributed by atoms with Gasteiger partial charge >= 0.3 is 0 Å². The molecule has 0 amide bonds. The van der Waals surface area contributed by atoms with E-state index in [9.17, 15) is 0 Å². The van der Waals surface area contributed by atoms with Gasteiger partial charge in [0.25, 0.3) is 0 Å². The van der Waals surface area contributed by atoms with Gasteiger partial charge in [-0.1, -0.05) is 5.92 Å². The van der Waals surface area contributed by atoms with Crippen molar-refractivity contribution in [3.63, 3.8) is 0 Å². The van der Waals surface area contributed by atoms with Gasteiger partial charge in [-0.2, -0.15) is 0 Å². The first-order valence-corrected chi connectivity index (χ1v) is 3.94. The molecular weight excluding hydrogens is 142 g/mol. The molecule has 1 unspecified atom stereocenters. The standard InChI is InChI=1S/C8H9NS/c1-4-6(2)8-5-9-7(3)10-8/h1,5-6H,2-3H3. The highest BCUT2D eigenvalue weighted by Gasteiger charge is 2.03. The maximum atomic E-state index is 5.24. The molecule has 0 N–H and O–H groups in total. The van der Waals surface area contributed by atoms with Crippen LogP contribution >= 0.6 is 11.3 Å². The van der Waals surface area contributed by atoms with E-state index >= 15 is 0 Å². The molecule has 1 rings (SSSR count). The third kappa shape index (κ3) is 1.37. The Morgan fingerprint density at radius 2 is 2.50 bits per heavy atom. The number of aromatic nitrogens is 1. The second-order valence-corrected chi connectivity index (χ2v) is 3.44. The summed E-state index contributed by atoms with van der Waals surface area (Å²) in [5.41, 5.74) is 0. The second-order valence-electron chi connectivity index (χ2n) is 2.17. The zero-order valence-electron chi connectivity index (χ0n) is 6.09. The quantitative estimate of drug-likeness (QED) is 0.561. The Hall–Kier alpha value is -0.810. The molecule has 52 valence electrons. The first kappa shape index (κ1) is 7.30. The number of terminal acetylenes is 1. The lowest BCUT2D eigenvalue weighted by Gasteiger charge is -1.94. The van der Waals surface area contributed by atoms with E-state index in [4.69, 9.17) is 6.42 Å². The molecule has 0 fully saturated rings. The fourth-order valence-electron chi connectivity index (χ4n) is 0.660. The van der Waals surface area contributed by atoms with Crippen LogP contribution in [0.2, 0.25) is 0 Å². The predicted molar refractivity (Wildman–Crippen MR) is 44.1 cm³/mol. The van der Waals surface area contributed by atoms with Gasteiger partial charge in [-0.05, 0) is 13.8 Å². The Kier molecular flexibility index (Phi) is 2.08. The molecule has 10 heavy (non-hydrogen) atoms. The minimum atomic E-state index is 0.214. The minimum Gasteiger partial charge on any atom is -0.250 e. The van der Waals surface area contributed by atoms with Crippen molar-refractivity contribution in [2.24, 2.45) is 0 Å². The van der Waals surface area contributed by atoms with E-state index < -0.39 is 0 Å². The molecule has 0 aliphatic heterocycles. The summed E-state index contributed by atoms with van der Waals surface area (Å²) >= 11 is 1.67. The molecule has 2 heteroatoms. The van der Waals surface area contributed by atoms with Crippen molar-refractivity contribution >= 4 is 11.3 Å². The van der Waals surface area contributed by atoms with E-state index in [1.54, 1.807) is 11.3 Å². The highest BCUT2D eigenvalue weighted by atomic mass is 32.1. The first-order valence-electron chi connectivity index (χ1n) is 3.12. The van der Waals surface area contributed by atoms with Crippen molar-refractivity contribution < 1.29 is 0 Å². The third-order valence-electron chi connectivity index (χ3n) is 1.32. The fourth-order valence-corrected chi connectivity index (χ4v) is 1.46. The molecule has 0 radical (unpaired) electrons. The highest BCUT2D eigenvalue weighted by Crippen LogP contribution is 2.20. The van der Waals surface area contributed by atoms with Crippen LogP contribution in [-0.4, -0.2) is 4.98 Å². The maximum Gasteiger partial charge on any atom is 0.0897 e. The molecule has 0 saturated carbocycles. The molecule has 1 nitrogen and oxygen atoms in total. The van der Waals surface area contributed by atoms with E-state index in [2.05, 4.69) is 10.9 Å². The summed E-state index contributed by atoms with van der Waals surface area (Å²) in [4.78, 5) is 5.29. The predicted octanol–water partition coefficient (Wildman–Crippen LogP) is 2.19. The van der Waals surface area contributed by atoms with Crippen molar-refractivity contribution in [3.05, 3.63) is 16.1 Å². The zero-order chi connectivity index (χ0) is 7.56. The lowest BCUT2D eigenvalue weighted by Crippen LogP contribution is -1.81. The monoisotopic (exact) mass is 151 g/mol. The van der Waals surface area contributed by atoms with Crippen LogP contribution in [0.1, 0.15) is 22.7 Å². The largest absolute Gasteiger partial charge is 0.250 e. The van der Waals surface area contributed by atoms with Crippen LogP contribution in [0.15, 0.2) is 6.20 Å². The van der Waals surface area contributed by atoms with Gasteiger partial charge < -0.3 is 0 Å². The molecule has 1 aromatic rings. The van der Waals surface area contributed by atoms with Crippen molar-refractivity contribution in [1.29, 1.82) is 0 Å². The van der Waals surface area contributed by atoms with Crippen molar-refractivity contribution in [3.8, 4) is 12.3 Å². The average Bonchev–Trinajstić information content (AvgIpc) is 2.34. The number of hydrogen-bond acceptors (Lipinski definition) is 2. The van der Waals surface area contributed by atoms with Gasteiger partial charge in [0.1, 0.15) is 0 Å². The van der Waals surface area contributed by atoms with Gasteiger partial charge in [-0.25, -0.2) is 4.98 Å². The van der Waals surface area contributed by atoms with Crippen molar-refractivity contribution in [1.82, 2.24) is 4.98 Å². The molecule has 0 aliphatic carbocycles. The number of nitrogens with zero attached hydrogens (tertiary/aromatic N) is 1. The number of rotatable bonds is 1. The molecule has 0 aromatic carbocycles. The summed E-state index contributed by atoms with van der Waals surface area (Å²) in [6.45, 7) is 3.99. The van der Waals surface area contributed by atoms with Gasteiger partial charge in [0.05, 0.1) is 10.9 Å². The van der Waals surface area contributed by atoms with E-state index in [0.717, 1.165) is 5.01 Å². The molecule has 0 bridgehead atoms. The Labute approximate surface area is 65.1 Å². The van der Waals surface area contributed by atoms with Crippen LogP contribution in [-0.2, 0) is 0 Å². The van der Waals surface area contributed by atoms with Gasteiger partial charge in [0, 0.05) is 11.1 Å². The molecule has 1 heterocycles. The Morgan fingerprint density at radius 3 is 2.90 bits per heavy atom.